The predicted octanol–water partition coefficient (Wildman–Crippen LogP) is 3.64. The molecule has 0 aliphatic rings. The van der Waals surface area contributed by atoms with Gasteiger partial charge >= 0.3 is 11.9 Å². The van der Waals surface area contributed by atoms with Gasteiger partial charge in [0.05, 0.1) is 20.3 Å². The highest BCUT2D eigenvalue weighted by molar-refractivity contribution is 6.05. The van der Waals surface area contributed by atoms with Gasteiger partial charge < -0.3 is 24.5 Å². The highest BCUT2D eigenvalue weighted by atomic mass is 16.5. The first-order valence-electron chi connectivity index (χ1n) is 8.97. The zero-order valence-electron chi connectivity index (χ0n) is 16.6. The van der Waals surface area contributed by atoms with Gasteiger partial charge in [-0.05, 0) is 42.8 Å². The van der Waals surface area contributed by atoms with Crippen molar-refractivity contribution < 1.29 is 28.3 Å². The van der Waals surface area contributed by atoms with E-state index in [0.717, 1.165) is 17.0 Å². The van der Waals surface area contributed by atoms with Crippen LogP contribution in [0.4, 0.5) is 11.4 Å². The second-order valence-electron chi connectivity index (χ2n) is 6.33. The van der Waals surface area contributed by atoms with Crippen molar-refractivity contribution in [1.82, 2.24) is 0 Å². The van der Waals surface area contributed by atoms with Crippen LogP contribution in [-0.2, 0) is 19.1 Å². The van der Waals surface area contributed by atoms with Crippen molar-refractivity contribution in [1.29, 1.82) is 0 Å². The lowest BCUT2D eigenvalue weighted by Crippen LogP contribution is -2.16. The number of esters is 2. The minimum atomic E-state index is -0.722. The van der Waals surface area contributed by atoms with Crippen molar-refractivity contribution in [3.05, 3.63) is 71.6 Å². The van der Waals surface area contributed by atoms with Crippen LogP contribution in [-0.4, -0.2) is 32.1 Å². The molecule has 0 radical (unpaired) electrons. The lowest BCUT2D eigenvalue weighted by Gasteiger charge is -2.12. The molecule has 1 amide bonds. The molecule has 2 N–H and O–H groups in total. The highest BCUT2D eigenvalue weighted by Gasteiger charge is 2.15. The number of carbonyl (C=O) groups is 3. The van der Waals surface area contributed by atoms with Gasteiger partial charge in [-0.1, -0.05) is 18.2 Å². The largest absolute Gasteiger partial charge is 0.466 e. The SMILES string of the molecule is COC(=O)/C=C(/Nc1ccc(NC(=O)c2cc3ccccc3o2)c(C)c1)C(=O)OC. The summed E-state index contributed by atoms with van der Waals surface area (Å²) in [7, 11) is 2.41. The Morgan fingerprint density at radius 1 is 0.967 bits per heavy atom. The second-order valence-corrected chi connectivity index (χ2v) is 6.33. The van der Waals surface area contributed by atoms with E-state index in [2.05, 4.69) is 20.1 Å². The molecule has 0 unspecified atom stereocenters. The molecule has 8 nitrogen and oxygen atoms in total. The van der Waals surface area contributed by atoms with Crippen LogP contribution < -0.4 is 10.6 Å². The number of methoxy groups -OCH3 is 2. The molecule has 0 atom stereocenters. The molecule has 0 aliphatic heterocycles. The van der Waals surface area contributed by atoms with E-state index in [0.29, 0.717) is 17.0 Å². The number of ether oxygens (including phenoxy) is 2. The van der Waals surface area contributed by atoms with Crippen LogP contribution in [0.1, 0.15) is 16.1 Å². The molecule has 3 rings (SSSR count). The Labute approximate surface area is 172 Å². The monoisotopic (exact) mass is 408 g/mol. The number of anilines is 2. The zero-order valence-corrected chi connectivity index (χ0v) is 16.6. The summed E-state index contributed by atoms with van der Waals surface area (Å²) in [4.78, 5) is 35.9. The van der Waals surface area contributed by atoms with Crippen LogP contribution >= 0.6 is 0 Å². The fourth-order valence-corrected chi connectivity index (χ4v) is 2.75. The molecule has 0 aliphatic carbocycles. The quantitative estimate of drug-likeness (QED) is 0.474. The Hall–Kier alpha value is -4.07. The molecule has 1 aromatic heterocycles. The Bertz CT molecular complexity index is 1110. The zero-order chi connectivity index (χ0) is 21.7. The number of aryl methyl sites for hydroxylation is 1. The van der Waals surface area contributed by atoms with Crippen molar-refractivity contribution in [3.63, 3.8) is 0 Å². The first-order chi connectivity index (χ1) is 14.4. The van der Waals surface area contributed by atoms with Gasteiger partial charge in [0.15, 0.2) is 5.76 Å². The van der Waals surface area contributed by atoms with Crippen LogP contribution in [0.2, 0.25) is 0 Å². The van der Waals surface area contributed by atoms with Gasteiger partial charge in [0.2, 0.25) is 0 Å². The van der Waals surface area contributed by atoms with E-state index in [-0.39, 0.29) is 17.4 Å². The number of furan rings is 1. The minimum Gasteiger partial charge on any atom is -0.466 e. The Morgan fingerprint density at radius 2 is 1.73 bits per heavy atom. The molecule has 0 spiro atoms. The minimum absolute atomic E-state index is 0.0807. The summed E-state index contributed by atoms with van der Waals surface area (Å²) in [5, 5.41) is 6.46. The van der Waals surface area contributed by atoms with Crippen molar-refractivity contribution >= 4 is 40.2 Å². The predicted molar refractivity (Wildman–Crippen MR) is 111 cm³/mol. The van der Waals surface area contributed by atoms with Gasteiger partial charge in [-0.25, -0.2) is 9.59 Å². The van der Waals surface area contributed by atoms with Crippen LogP contribution in [0.25, 0.3) is 11.0 Å². The molecule has 0 bridgehead atoms. The average molecular weight is 408 g/mol. The number of benzene rings is 2. The number of hydrogen-bond donors (Lipinski definition) is 2. The summed E-state index contributed by atoms with van der Waals surface area (Å²) in [6.45, 7) is 1.79. The summed E-state index contributed by atoms with van der Waals surface area (Å²) in [5.41, 5.74) is 2.37. The van der Waals surface area contributed by atoms with Gasteiger partial charge in [-0.3, -0.25) is 4.79 Å². The smallest absolute Gasteiger partial charge is 0.354 e. The van der Waals surface area contributed by atoms with Gasteiger partial charge in [-0.2, -0.15) is 0 Å². The lowest BCUT2D eigenvalue weighted by atomic mass is 10.1. The summed E-state index contributed by atoms with van der Waals surface area (Å²) in [6.07, 6.45) is 0.998. The number of hydrogen-bond acceptors (Lipinski definition) is 7. The van der Waals surface area contributed by atoms with Gasteiger partial charge in [0, 0.05) is 16.8 Å². The maximum Gasteiger partial charge on any atom is 0.354 e. The van der Waals surface area contributed by atoms with Crippen LogP contribution in [0, 0.1) is 6.92 Å². The van der Waals surface area contributed by atoms with E-state index in [1.807, 2.05) is 18.2 Å². The maximum absolute atomic E-state index is 12.5. The summed E-state index contributed by atoms with van der Waals surface area (Å²) in [5.74, 6) is -1.60. The molecule has 0 fully saturated rings. The number of fused-ring (bicyclic) bond motifs is 1. The first kappa shape index (κ1) is 20.7. The van der Waals surface area contributed by atoms with Gasteiger partial charge in [0.25, 0.3) is 5.91 Å². The fraction of sp³-hybridized carbons (Fsp3) is 0.136. The fourth-order valence-electron chi connectivity index (χ4n) is 2.75. The first-order valence-corrected chi connectivity index (χ1v) is 8.97. The van der Waals surface area contributed by atoms with E-state index in [1.165, 1.54) is 14.2 Å². The molecular weight excluding hydrogens is 388 g/mol. The lowest BCUT2D eigenvalue weighted by molar-refractivity contribution is -0.138. The van der Waals surface area contributed by atoms with E-state index < -0.39 is 11.9 Å². The number of nitrogens with one attached hydrogen (secondary N) is 2. The van der Waals surface area contributed by atoms with Crippen molar-refractivity contribution in [2.75, 3.05) is 24.9 Å². The summed E-state index contributed by atoms with van der Waals surface area (Å²) < 4.78 is 14.8. The normalized spacial score (nSPS) is 11.1. The van der Waals surface area contributed by atoms with E-state index >= 15 is 0 Å². The van der Waals surface area contributed by atoms with Gasteiger partial charge in [-0.15, -0.1) is 0 Å². The number of amides is 1. The molecule has 3 aromatic rings. The molecule has 8 heteroatoms. The maximum atomic E-state index is 12.5. The molecule has 0 saturated carbocycles. The van der Waals surface area contributed by atoms with Crippen molar-refractivity contribution in [2.45, 2.75) is 6.92 Å². The molecule has 1 heterocycles. The molecular formula is C22H20N2O6. The van der Waals surface area contributed by atoms with Crippen LogP contribution in [0.5, 0.6) is 0 Å². The molecule has 0 saturated heterocycles. The number of carbonyl (C=O) groups excluding carboxylic acids is 3. The second kappa shape index (κ2) is 8.95. The molecule has 30 heavy (non-hydrogen) atoms. The standard InChI is InChI=1S/C22H20N2O6/c1-13-10-15(23-17(22(27)29-3)12-20(25)28-2)8-9-16(13)24-21(26)19-11-14-6-4-5-7-18(14)30-19/h4-12,23H,1-3H3,(H,24,26)/b17-12+. The number of para-hydroxylation sites is 1. The third kappa shape index (κ3) is 4.67. The molecule has 154 valence electrons. The van der Waals surface area contributed by atoms with E-state index in [9.17, 15) is 14.4 Å². The molecule has 2 aromatic carbocycles. The van der Waals surface area contributed by atoms with Crippen molar-refractivity contribution in [2.24, 2.45) is 0 Å². The Balaban J connectivity index is 1.77. The van der Waals surface area contributed by atoms with Crippen LogP contribution in [0.3, 0.4) is 0 Å². The van der Waals surface area contributed by atoms with Crippen LogP contribution in [0.15, 0.2) is 64.7 Å². The Morgan fingerprint density at radius 3 is 2.40 bits per heavy atom. The van der Waals surface area contributed by atoms with Gasteiger partial charge in [0.1, 0.15) is 11.3 Å². The topological polar surface area (TPSA) is 107 Å². The average Bonchev–Trinajstić information content (AvgIpc) is 3.19. The number of rotatable bonds is 6. The summed E-state index contributed by atoms with van der Waals surface area (Å²) in [6, 6.07) is 14.1. The summed E-state index contributed by atoms with van der Waals surface area (Å²) >= 11 is 0. The highest BCUT2D eigenvalue weighted by Crippen LogP contribution is 2.24. The van der Waals surface area contributed by atoms with E-state index in [4.69, 9.17) is 4.42 Å². The third-order valence-corrected chi connectivity index (χ3v) is 4.27. The third-order valence-electron chi connectivity index (χ3n) is 4.27. The van der Waals surface area contributed by atoms with Crippen molar-refractivity contribution in [3.8, 4) is 0 Å². The van der Waals surface area contributed by atoms with E-state index in [1.54, 1.807) is 37.3 Å². The Kier molecular flexibility index (Phi) is 6.17.